The molecule has 0 aromatic heterocycles. The van der Waals surface area contributed by atoms with Crippen LogP contribution in [0.15, 0.2) is 4.99 Å². The molecule has 0 bridgehead atoms. The van der Waals surface area contributed by atoms with Gasteiger partial charge in [-0.2, -0.15) is 0 Å². The van der Waals surface area contributed by atoms with Crippen LogP contribution in [0.4, 0.5) is 0 Å². The number of aliphatic imine (C=N–C) groups is 1. The molecule has 0 aliphatic carbocycles. The summed E-state index contributed by atoms with van der Waals surface area (Å²) in [7, 11) is 0. The van der Waals surface area contributed by atoms with Crippen molar-refractivity contribution in [2.24, 2.45) is 4.99 Å². The maximum Gasteiger partial charge on any atom is 0.0385 e. The van der Waals surface area contributed by atoms with Crippen LogP contribution in [0.1, 0.15) is 71.6 Å². The van der Waals surface area contributed by atoms with E-state index < -0.39 is 0 Å². The third-order valence-electron chi connectivity index (χ3n) is 2.46. The van der Waals surface area contributed by atoms with Gasteiger partial charge in [-0.15, -0.1) is 0 Å². The van der Waals surface area contributed by atoms with Gasteiger partial charge in [0.05, 0.1) is 0 Å². The molecule has 0 saturated heterocycles. The van der Waals surface area contributed by atoms with Gasteiger partial charge in [0.1, 0.15) is 0 Å². The van der Waals surface area contributed by atoms with E-state index in [2.05, 4.69) is 25.1 Å². The van der Waals surface area contributed by atoms with Crippen LogP contribution in [-0.2, 0) is 0 Å². The van der Waals surface area contributed by atoms with Gasteiger partial charge < -0.3 is 0 Å². The molecule has 1 nitrogen and oxygen atoms in total. The Morgan fingerprint density at radius 3 is 2.14 bits per heavy atom. The molecule has 0 saturated carbocycles. The zero-order chi connectivity index (χ0) is 10.5. The fraction of sp³-hybridized carbons (Fsp3) is 0.923. The SMILES string of the molecule is CCCCC=NCCCCCCCC. The van der Waals surface area contributed by atoms with Crippen LogP contribution in [0, 0.1) is 0 Å². The van der Waals surface area contributed by atoms with Gasteiger partial charge >= 0.3 is 0 Å². The second-order valence-electron chi connectivity index (χ2n) is 4.00. The molecule has 1 heteroatoms. The summed E-state index contributed by atoms with van der Waals surface area (Å²) in [4.78, 5) is 4.40. The molecule has 0 amide bonds. The minimum Gasteiger partial charge on any atom is -0.298 e. The topological polar surface area (TPSA) is 12.4 Å². The van der Waals surface area contributed by atoms with Gasteiger partial charge in [0.2, 0.25) is 0 Å². The monoisotopic (exact) mass is 197 g/mol. The van der Waals surface area contributed by atoms with Crippen LogP contribution in [0.2, 0.25) is 0 Å². The summed E-state index contributed by atoms with van der Waals surface area (Å²) >= 11 is 0. The molecule has 0 heterocycles. The molecule has 0 rings (SSSR count). The van der Waals surface area contributed by atoms with Gasteiger partial charge in [-0.25, -0.2) is 0 Å². The highest BCUT2D eigenvalue weighted by Crippen LogP contribution is 2.04. The first-order chi connectivity index (χ1) is 6.91. The molecule has 84 valence electrons. The first-order valence-electron chi connectivity index (χ1n) is 6.40. The number of hydrogen-bond acceptors (Lipinski definition) is 1. The molecule has 0 atom stereocenters. The van der Waals surface area contributed by atoms with Crippen molar-refractivity contribution in [3.05, 3.63) is 0 Å². The highest BCUT2D eigenvalue weighted by atomic mass is 14.7. The second kappa shape index (κ2) is 12.7. The summed E-state index contributed by atoms with van der Waals surface area (Å²) in [6, 6.07) is 0. The quantitative estimate of drug-likeness (QED) is 0.358. The second-order valence-corrected chi connectivity index (χ2v) is 4.00. The van der Waals surface area contributed by atoms with Crippen LogP contribution in [0.3, 0.4) is 0 Å². The average Bonchev–Trinajstić information content (AvgIpc) is 2.21. The summed E-state index contributed by atoms with van der Waals surface area (Å²) in [5.41, 5.74) is 0. The van der Waals surface area contributed by atoms with E-state index in [1.807, 2.05) is 0 Å². The minimum atomic E-state index is 1.05. The number of nitrogens with zero attached hydrogens (tertiary/aromatic N) is 1. The summed E-state index contributed by atoms with van der Waals surface area (Å²) in [5, 5.41) is 0. The van der Waals surface area contributed by atoms with E-state index in [4.69, 9.17) is 0 Å². The Balaban J connectivity index is 2.94. The first-order valence-corrected chi connectivity index (χ1v) is 6.40. The van der Waals surface area contributed by atoms with E-state index in [1.165, 1.54) is 57.8 Å². The normalized spacial score (nSPS) is 11.3. The zero-order valence-corrected chi connectivity index (χ0v) is 10.1. The summed E-state index contributed by atoms with van der Waals surface area (Å²) in [6.45, 7) is 5.54. The Hall–Kier alpha value is -0.330. The molecule has 0 aromatic carbocycles. The lowest BCUT2D eigenvalue weighted by Crippen LogP contribution is -1.84. The predicted octanol–water partition coefficient (Wildman–Crippen LogP) is 4.61. The molecule has 0 radical (unpaired) electrons. The molecule has 0 unspecified atom stereocenters. The molecule has 0 aliphatic heterocycles. The lowest BCUT2D eigenvalue weighted by molar-refractivity contribution is 0.612. The Morgan fingerprint density at radius 1 is 0.786 bits per heavy atom. The van der Waals surface area contributed by atoms with Crippen molar-refractivity contribution >= 4 is 6.21 Å². The highest BCUT2D eigenvalue weighted by Gasteiger charge is 1.88. The predicted molar refractivity (Wildman–Crippen MR) is 66.3 cm³/mol. The molecule has 0 spiro atoms. The van der Waals surface area contributed by atoms with E-state index in [0.29, 0.717) is 0 Å². The largest absolute Gasteiger partial charge is 0.298 e. The molecule has 0 N–H and O–H groups in total. The van der Waals surface area contributed by atoms with Gasteiger partial charge in [0.15, 0.2) is 0 Å². The van der Waals surface area contributed by atoms with E-state index in [-0.39, 0.29) is 0 Å². The van der Waals surface area contributed by atoms with Crippen LogP contribution >= 0.6 is 0 Å². The van der Waals surface area contributed by atoms with Crippen LogP contribution < -0.4 is 0 Å². The van der Waals surface area contributed by atoms with Crippen molar-refractivity contribution in [1.82, 2.24) is 0 Å². The summed E-state index contributed by atoms with van der Waals surface area (Å²) in [5.74, 6) is 0. The Labute approximate surface area is 90.0 Å². The Bertz CT molecular complexity index is 118. The maximum absolute atomic E-state index is 4.40. The third-order valence-corrected chi connectivity index (χ3v) is 2.46. The third kappa shape index (κ3) is 11.7. The van der Waals surface area contributed by atoms with E-state index in [1.54, 1.807) is 0 Å². The molecule has 0 fully saturated rings. The van der Waals surface area contributed by atoms with Crippen molar-refractivity contribution in [2.45, 2.75) is 71.6 Å². The fourth-order valence-corrected chi connectivity index (χ4v) is 1.46. The molecule has 14 heavy (non-hydrogen) atoms. The fourth-order valence-electron chi connectivity index (χ4n) is 1.46. The van der Waals surface area contributed by atoms with Gasteiger partial charge in [0.25, 0.3) is 0 Å². The standard InChI is InChI=1S/C13H27N/c1-3-5-7-8-9-11-13-14-12-10-6-4-2/h12H,3-11,13H2,1-2H3. The van der Waals surface area contributed by atoms with Crippen LogP contribution in [0.25, 0.3) is 0 Å². The number of unbranched alkanes of at least 4 members (excludes halogenated alkanes) is 7. The van der Waals surface area contributed by atoms with Crippen LogP contribution in [0.5, 0.6) is 0 Å². The van der Waals surface area contributed by atoms with Gasteiger partial charge in [0, 0.05) is 6.54 Å². The van der Waals surface area contributed by atoms with Gasteiger partial charge in [-0.1, -0.05) is 52.4 Å². The van der Waals surface area contributed by atoms with E-state index in [0.717, 1.165) is 6.54 Å². The number of rotatable bonds is 10. The molecular formula is C13H27N. The van der Waals surface area contributed by atoms with Crippen molar-refractivity contribution in [3.63, 3.8) is 0 Å². The van der Waals surface area contributed by atoms with Crippen molar-refractivity contribution in [1.29, 1.82) is 0 Å². The van der Waals surface area contributed by atoms with Crippen molar-refractivity contribution in [3.8, 4) is 0 Å². The highest BCUT2D eigenvalue weighted by molar-refractivity contribution is 5.56. The first kappa shape index (κ1) is 13.7. The molecular weight excluding hydrogens is 170 g/mol. The Kier molecular flexibility index (Phi) is 12.4. The Morgan fingerprint density at radius 2 is 1.43 bits per heavy atom. The van der Waals surface area contributed by atoms with Crippen molar-refractivity contribution < 1.29 is 0 Å². The lowest BCUT2D eigenvalue weighted by atomic mass is 10.1. The smallest absolute Gasteiger partial charge is 0.0385 e. The van der Waals surface area contributed by atoms with E-state index in [9.17, 15) is 0 Å². The average molecular weight is 197 g/mol. The lowest BCUT2D eigenvalue weighted by Gasteiger charge is -1.97. The summed E-state index contributed by atoms with van der Waals surface area (Å²) < 4.78 is 0. The zero-order valence-electron chi connectivity index (χ0n) is 10.1. The molecule has 0 aromatic rings. The number of hydrogen-bond donors (Lipinski definition) is 0. The molecule has 0 aliphatic rings. The van der Waals surface area contributed by atoms with Gasteiger partial charge in [-0.05, 0) is 25.5 Å². The minimum absolute atomic E-state index is 1.05. The maximum atomic E-state index is 4.40. The summed E-state index contributed by atoms with van der Waals surface area (Å²) in [6.07, 6.45) is 14.1. The van der Waals surface area contributed by atoms with Crippen LogP contribution in [-0.4, -0.2) is 12.8 Å². The van der Waals surface area contributed by atoms with Gasteiger partial charge in [-0.3, -0.25) is 4.99 Å². The van der Waals surface area contributed by atoms with E-state index >= 15 is 0 Å². The van der Waals surface area contributed by atoms with Crippen molar-refractivity contribution in [2.75, 3.05) is 6.54 Å².